The first kappa shape index (κ1) is 11.9. The number of hydrogen-bond donors (Lipinski definition) is 3. The van der Waals surface area contributed by atoms with Crippen LogP contribution in [0.1, 0.15) is 26.2 Å². The number of rotatable bonds is 6. The second-order valence-corrected chi connectivity index (χ2v) is 3.15. The Balaban J connectivity index is 4.48. The molecular formula is C8H14O5. The molecule has 76 valence electrons. The number of carboxylic acids is 2. The van der Waals surface area contributed by atoms with Crippen molar-refractivity contribution in [3.63, 3.8) is 0 Å². The van der Waals surface area contributed by atoms with Crippen LogP contribution >= 0.6 is 0 Å². The molecule has 5 heteroatoms. The van der Waals surface area contributed by atoms with Gasteiger partial charge in [0.15, 0.2) is 0 Å². The highest BCUT2D eigenvalue weighted by Gasteiger charge is 2.32. The number of carbonyl (C=O) groups is 2. The van der Waals surface area contributed by atoms with E-state index in [1.54, 1.807) is 6.92 Å². The van der Waals surface area contributed by atoms with Crippen molar-refractivity contribution in [2.24, 2.45) is 5.41 Å². The molecule has 0 aliphatic carbocycles. The van der Waals surface area contributed by atoms with Gasteiger partial charge < -0.3 is 15.3 Å². The molecule has 0 unspecified atom stereocenters. The van der Waals surface area contributed by atoms with Crippen LogP contribution in [0.15, 0.2) is 0 Å². The first-order valence-corrected chi connectivity index (χ1v) is 4.00. The van der Waals surface area contributed by atoms with E-state index in [0.717, 1.165) is 0 Å². The summed E-state index contributed by atoms with van der Waals surface area (Å²) in [5, 5.41) is 26.0. The lowest BCUT2D eigenvalue weighted by Crippen LogP contribution is -2.30. The van der Waals surface area contributed by atoms with Crippen molar-refractivity contribution in [3.05, 3.63) is 0 Å². The molecule has 0 rings (SSSR count). The fourth-order valence-electron chi connectivity index (χ4n) is 1.18. The predicted octanol–water partition coefficient (Wildman–Crippen LogP) is 0.325. The van der Waals surface area contributed by atoms with Gasteiger partial charge in [-0.2, -0.15) is 0 Å². The smallest absolute Gasteiger partial charge is 0.304 e. The van der Waals surface area contributed by atoms with E-state index in [-0.39, 0.29) is 12.8 Å². The third-order valence-electron chi connectivity index (χ3n) is 2.14. The fraction of sp³-hybridized carbons (Fsp3) is 0.750. The summed E-state index contributed by atoms with van der Waals surface area (Å²) in [6, 6.07) is 0. The summed E-state index contributed by atoms with van der Waals surface area (Å²) < 4.78 is 0. The molecule has 0 fully saturated rings. The Hall–Kier alpha value is -1.10. The molecule has 0 heterocycles. The third-order valence-corrected chi connectivity index (χ3v) is 2.14. The number of aliphatic hydroxyl groups excluding tert-OH is 1. The van der Waals surface area contributed by atoms with Gasteiger partial charge in [-0.15, -0.1) is 0 Å². The molecule has 0 bridgehead atoms. The lowest BCUT2D eigenvalue weighted by atomic mass is 9.79. The van der Waals surface area contributed by atoms with Gasteiger partial charge in [0.05, 0.1) is 12.8 Å². The molecule has 0 atom stereocenters. The standard InChI is InChI=1S/C8H14O5/c1-2-8(5-9,3-6(10)11)4-7(12)13/h9H,2-5H2,1H3,(H,10,11)(H,12,13). The number of aliphatic hydroxyl groups is 1. The number of aliphatic carboxylic acids is 2. The minimum Gasteiger partial charge on any atom is -0.481 e. The quantitative estimate of drug-likeness (QED) is 0.560. The fourth-order valence-corrected chi connectivity index (χ4v) is 1.18. The summed E-state index contributed by atoms with van der Waals surface area (Å²) in [5.74, 6) is -2.17. The van der Waals surface area contributed by atoms with E-state index in [9.17, 15) is 9.59 Å². The highest BCUT2D eigenvalue weighted by atomic mass is 16.4. The van der Waals surface area contributed by atoms with Crippen LogP contribution in [-0.4, -0.2) is 33.9 Å². The maximum atomic E-state index is 10.4. The molecule has 5 nitrogen and oxygen atoms in total. The molecule has 0 saturated carbocycles. The lowest BCUT2D eigenvalue weighted by Gasteiger charge is -2.26. The average Bonchev–Trinajstić information content (AvgIpc) is 2.01. The summed E-state index contributed by atoms with van der Waals surface area (Å²) >= 11 is 0. The Labute approximate surface area is 76.0 Å². The van der Waals surface area contributed by atoms with Crippen LogP contribution in [-0.2, 0) is 9.59 Å². The van der Waals surface area contributed by atoms with Gasteiger partial charge in [-0.1, -0.05) is 6.92 Å². The summed E-state index contributed by atoms with van der Waals surface area (Å²) in [5.41, 5.74) is -1.02. The zero-order chi connectivity index (χ0) is 10.5. The lowest BCUT2D eigenvalue weighted by molar-refractivity contribution is -0.145. The van der Waals surface area contributed by atoms with Crippen molar-refractivity contribution >= 4 is 11.9 Å². The van der Waals surface area contributed by atoms with Gasteiger partial charge in [0.2, 0.25) is 0 Å². The van der Waals surface area contributed by atoms with E-state index in [1.807, 2.05) is 0 Å². The second-order valence-electron chi connectivity index (χ2n) is 3.15. The zero-order valence-electron chi connectivity index (χ0n) is 7.49. The Morgan fingerprint density at radius 2 is 1.54 bits per heavy atom. The van der Waals surface area contributed by atoms with E-state index in [1.165, 1.54) is 0 Å². The normalized spacial score (nSPS) is 11.2. The molecule has 0 amide bonds. The molecule has 0 aliphatic heterocycles. The maximum Gasteiger partial charge on any atom is 0.304 e. The molecule has 0 aromatic carbocycles. The van der Waals surface area contributed by atoms with Crippen LogP contribution in [0.2, 0.25) is 0 Å². The Morgan fingerprint density at radius 1 is 1.15 bits per heavy atom. The topological polar surface area (TPSA) is 94.8 Å². The SMILES string of the molecule is CCC(CO)(CC(=O)O)CC(=O)O. The van der Waals surface area contributed by atoms with E-state index < -0.39 is 24.0 Å². The Kier molecular flexibility index (Phi) is 4.40. The molecule has 0 saturated heterocycles. The number of carboxylic acid groups (broad SMARTS) is 2. The predicted molar refractivity (Wildman–Crippen MR) is 44.3 cm³/mol. The molecule has 3 N–H and O–H groups in total. The molecule has 0 radical (unpaired) electrons. The molecule has 0 aromatic rings. The van der Waals surface area contributed by atoms with Crippen LogP contribution in [0.25, 0.3) is 0 Å². The minimum absolute atomic E-state index is 0.313. The van der Waals surface area contributed by atoms with E-state index >= 15 is 0 Å². The van der Waals surface area contributed by atoms with Crippen LogP contribution < -0.4 is 0 Å². The highest BCUT2D eigenvalue weighted by Crippen LogP contribution is 2.30. The molecular weight excluding hydrogens is 176 g/mol. The zero-order valence-corrected chi connectivity index (χ0v) is 7.49. The van der Waals surface area contributed by atoms with E-state index in [4.69, 9.17) is 15.3 Å². The van der Waals surface area contributed by atoms with Crippen LogP contribution in [0.5, 0.6) is 0 Å². The van der Waals surface area contributed by atoms with Crippen molar-refractivity contribution in [3.8, 4) is 0 Å². The van der Waals surface area contributed by atoms with Crippen LogP contribution in [0.4, 0.5) is 0 Å². The van der Waals surface area contributed by atoms with Crippen LogP contribution in [0, 0.1) is 5.41 Å². The van der Waals surface area contributed by atoms with E-state index in [0.29, 0.717) is 6.42 Å². The second kappa shape index (κ2) is 4.81. The highest BCUT2D eigenvalue weighted by molar-refractivity contribution is 5.71. The molecule has 13 heavy (non-hydrogen) atoms. The molecule has 0 aliphatic rings. The van der Waals surface area contributed by atoms with Gasteiger partial charge in [-0.3, -0.25) is 9.59 Å². The average molecular weight is 190 g/mol. The van der Waals surface area contributed by atoms with Gasteiger partial charge >= 0.3 is 11.9 Å². The summed E-state index contributed by atoms with van der Waals surface area (Å²) in [6.45, 7) is 1.25. The van der Waals surface area contributed by atoms with Crippen molar-refractivity contribution < 1.29 is 24.9 Å². The first-order valence-electron chi connectivity index (χ1n) is 4.00. The van der Waals surface area contributed by atoms with Crippen molar-refractivity contribution in [1.29, 1.82) is 0 Å². The largest absolute Gasteiger partial charge is 0.481 e. The molecule has 0 aromatic heterocycles. The third kappa shape index (κ3) is 3.89. The summed E-state index contributed by atoms with van der Waals surface area (Å²) in [6.07, 6.45) is -0.291. The summed E-state index contributed by atoms with van der Waals surface area (Å²) in [7, 11) is 0. The van der Waals surface area contributed by atoms with Gasteiger partial charge in [0, 0.05) is 12.0 Å². The van der Waals surface area contributed by atoms with Crippen molar-refractivity contribution in [2.45, 2.75) is 26.2 Å². The van der Waals surface area contributed by atoms with Crippen molar-refractivity contribution in [1.82, 2.24) is 0 Å². The summed E-state index contributed by atoms with van der Waals surface area (Å²) in [4.78, 5) is 20.8. The van der Waals surface area contributed by atoms with Crippen LogP contribution in [0.3, 0.4) is 0 Å². The molecule has 0 spiro atoms. The Bertz CT molecular complexity index is 177. The number of hydrogen-bond acceptors (Lipinski definition) is 3. The minimum atomic E-state index is -1.09. The Morgan fingerprint density at radius 3 is 1.69 bits per heavy atom. The van der Waals surface area contributed by atoms with Gasteiger partial charge in [0.1, 0.15) is 0 Å². The van der Waals surface area contributed by atoms with E-state index in [2.05, 4.69) is 0 Å². The van der Waals surface area contributed by atoms with Gasteiger partial charge in [-0.25, -0.2) is 0 Å². The van der Waals surface area contributed by atoms with Gasteiger partial charge in [-0.05, 0) is 6.42 Å². The van der Waals surface area contributed by atoms with Crippen molar-refractivity contribution in [2.75, 3.05) is 6.61 Å². The van der Waals surface area contributed by atoms with Gasteiger partial charge in [0.25, 0.3) is 0 Å². The maximum absolute atomic E-state index is 10.4. The first-order chi connectivity index (χ1) is 5.95. The monoisotopic (exact) mass is 190 g/mol.